The quantitative estimate of drug-likeness (QED) is 0.395. The number of hydrogen-bond donors (Lipinski definition) is 0. The highest BCUT2D eigenvalue weighted by atomic mass is 35.8. The smallest absolute Gasteiger partial charge is 0.168 e. The average Bonchev–Trinajstić information content (AvgIpc) is 1.84. The zero-order chi connectivity index (χ0) is 11.1. The molecule has 0 spiro atoms. The summed E-state index contributed by atoms with van der Waals surface area (Å²) in [6, 6.07) is 0. The molecule has 9 heteroatoms. The molecular formula is C4H10Cl6Si3. The predicted octanol–water partition coefficient (Wildman–Crippen LogP) is 4.59. The highest BCUT2D eigenvalue weighted by Gasteiger charge is 2.65. The molecule has 0 aromatic heterocycles. The topological polar surface area (TPSA) is 0 Å². The first-order valence-corrected chi connectivity index (χ1v) is 18.1. The Labute approximate surface area is 110 Å². The van der Waals surface area contributed by atoms with Gasteiger partial charge in [-0.2, -0.15) is 11.1 Å². The van der Waals surface area contributed by atoms with Crippen LogP contribution in [0.25, 0.3) is 0 Å². The maximum Gasteiger partial charge on any atom is 0.288 e. The van der Waals surface area contributed by atoms with E-state index in [4.69, 9.17) is 67.0 Å². The van der Waals surface area contributed by atoms with Crippen molar-refractivity contribution in [2.24, 2.45) is 0 Å². The van der Waals surface area contributed by atoms with Gasteiger partial charge in [-0.05, 0) is 6.92 Å². The van der Waals surface area contributed by atoms with Crippen molar-refractivity contribution in [2.45, 2.75) is 25.0 Å². The van der Waals surface area contributed by atoms with E-state index in [1.54, 1.807) is 6.92 Å². The Kier molecular flexibility index (Phi) is 5.58. The number of alkyl halides is 1. The zero-order valence-corrected chi connectivity index (χ0v) is 14.9. The standard InChI is InChI=1S/C4H10Cl6Si3/c1-4(5)12(7,8)13(9,10)11(2,3)6/h4H,1-3H3. The highest BCUT2D eigenvalue weighted by molar-refractivity contribution is 8.10. The van der Waals surface area contributed by atoms with E-state index in [-0.39, 0.29) is 5.00 Å². The molecule has 0 aromatic rings. The van der Waals surface area contributed by atoms with E-state index in [0.29, 0.717) is 0 Å². The number of rotatable bonds is 3. The molecule has 0 heterocycles. The van der Waals surface area contributed by atoms with E-state index >= 15 is 0 Å². The molecule has 0 fully saturated rings. The van der Waals surface area contributed by atoms with Crippen LogP contribution in [0.3, 0.4) is 0 Å². The summed E-state index contributed by atoms with van der Waals surface area (Å²) in [7, 11) is 0. The zero-order valence-electron chi connectivity index (χ0n) is 7.35. The van der Waals surface area contributed by atoms with E-state index in [0.717, 1.165) is 0 Å². The minimum atomic E-state index is -2.83. The molecule has 0 saturated carbocycles. The van der Waals surface area contributed by atoms with Crippen LogP contribution in [0, 0.1) is 0 Å². The van der Waals surface area contributed by atoms with E-state index in [1.807, 2.05) is 13.1 Å². The van der Waals surface area contributed by atoms with E-state index in [2.05, 4.69) is 0 Å². The van der Waals surface area contributed by atoms with Crippen LogP contribution in [-0.4, -0.2) is 23.8 Å². The number of halogens is 6. The number of hydrogen-bond acceptors (Lipinski definition) is 0. The summed E-state index contributed by atoms with van der Waals surface area (Å²) < 4.78 is 0. The van der Waals surface area contributed by atoms with Gasteiger partial charge in [-0.1, -0.05) is 13.1 Å². The van der Waals surface area contributed by atoms with Crippen LogP contribution in [0.15, 0.2) is 0 Å². The van der Waals surface area contributed by atoms with Crippen LogP contribution < -0.4 is 0 Å². The normalized spacial score (nSPS) is 17.3. The van der Waals surface area contributed by atoms with Gasteiger partial charge < -0.3 is 0 Å². The van der Waals surface area contributed by atoms with Crippen LogP contribution in [-0.2, 0) is 0 Å². The second-order valence-corrected chi connectivity index (χ2v) is 40.3. The van der Waals surface area contributed by atoms with Crippen molar-refractivity contribution in [1.29, 1.82) is 0 Å². The summed E-state index contributed by atoms with van der Waals surface area (Å²) in [5.74, 6) is 0. The Morgan fingerprint density at radius 2 is 1.23 bits per heavy atom. The minimum Gasteiger partial charge on any atom is -0.168 e. The lowest BCUT2D eigenvalue weighted by atomic mass is 11.0. The van der Waals surface area contributed by atoms with Crippen molar-refractivity contribution in [3.05, 3.63) is 0 Å². The van der Waals surface area contributed by atoms with Crippen molar-refractivity contribution in [3.63, 3.8) is 0 Å². The van der Waals surface area contributed by atoms with Crippen molar-refractivity contribution in [3.8, 4) is 0 Å². The second-order valence-electron chi connectivity index (χ2n) is 3.29. The SMILES string of the molecule is CC(Cl)[Si](Cl)(Cl)[Si](Cl)(Cl)[Si](C)(C)Cl. The van der Waals surface area contributed by atoms with Crippen LogP contribution in [0.5, 0.6) is 0 Å². The van der Waals surface area contributed by atoms with Gasteiger partial charge in [0.2, 0.25) is 0 Å². The van der Waals surface area contributed by atoms with Gasteiger partial charge in [-0.3, -0.25) is 0 Å². The lowest BCUT2D eigenvalue weighted by Crippen LogP contribution is -2.65. The van der Waals surface area contributed by atoms with Gasteiger partial charge in [-0.25, -0.2) is 0 Å². The molecule has 0 aliphatic carbocycles. The lowest BCUT2D eigenvalue weighted by Gasteiger charge is -2.36. The molecule has 13 heavy (non-hydrogen) atoms. The van der Waals surface area contributed by atoms with Crippen molar-refractivity contribution >= 4 is 85.8 Å². The molecule has 0 radical (unpaired) electrons. The molecule has 0 aliphatic heterocycles. The molecule has 80 valence electrons. The van der Waals surface area contributed by atoms with Gasteiger partial charge in [0.1, 0.15) is 0 Å². The van der Waals surface area contributed by atoms with Gasteiger partial charge in [0.15, 0.2) is 6.90 Å². The first-order valence-electron chi connectivity index (χ1n) is 3.53. The van der Waals surface area contributed by atoms with Gasteiger partial charge in [0.25, 0.3) is 11.9 Å². The van der Waals surface area contributed by atoms with Crippen molar-refractivity contribution < 1.29 is 0 Å². The van der Waals surface area contributed by atoms with Gasteiger partial charge >= 0.3 is 0 Å². The Morgan fingerprint density at radius 3 is 1.31 bits per heavy atom. The van der Waals surface area contributed by atoms with Crippen molar-refractivity contribution in [1.82, 2.24) is 0 Å². The average molecular weight is 355 g/mol. The first-order chi connectivity index (χ1) is 5.44. The third-order valence-electron chi connectivity index (χ3n) is 1.66. The van der Waals surface area contributed by atoms with E-state index in [9.17, 15) is 0 Å². The Morgan fingerprint density at radius 1 is 0.923 bits per heavy atom. The third-order valence-corrected chi connectivity index (χ3v) is 57.7. The molecule has 0 rings (SSSR count). The summed E-state index contributed by atoms with van der Waals surface area (Å²) in [6.07, 6.45) is -2.83. The summed E-state index contributed by atoms with van der Waals surface area (Å²) in [5.41, 5.74) is -2.81. The Bertz CT molecular complexity index is 185. The van der Waals surface area contributed by atoms with Crippen LogP contribution in [0.1, 0.15) is 6.92 Å². The Balaban J connectivity index is 5.04. The summed E-state index contributed by atoms with van der Waals surface area (Å²) in [6.45, 7) is 3.20. The molecule has 0 amide bonds. The summed E-state index contributed by atoms with van der Waals surface area (Å²) >= 11 is 36.9. The molecule has 0 aromatic carbocycles. The maximum absolute atomic E-state index is 6.25. The monoisotopic (exact) mass is 352 g/mol. The van der Waals surface area contributed by atoms with Gasteiger partial charge in [0.05, 0.1) is 5.00 Å². The largest absolute Gasteiger partial charge is 0.288 e. The molecule has 0 bridgehead atoms. The van der Waals surface area contributed by atoms with Crippen molar-refractivity contribution in [2.75, 3.05) is 0 Å². The van der Waals surface area contributed by atoms with Crippen LogP contribution >= 0.6 is 67.0 Å². The first kappa shape index (κ1) is 15.4. The highest BCUT2D eigenvalue weighted by Crippen LogP contribution is 2.45. The van der Waals surface area contributed by atoms with E-state index < -0.39 is 18.8 Å². The summed E-state index contributed by atoms with van der Waals surface area (Å²) in [5, 5.41) is -0.386. The fourth-order valence-corrected chi connectivity index (χ4v) is 40.5. The minimum absolute atomic E-state index is 0.386. The third kappa shape index (κ3) is 3.17. The van der Waals surface area contributed by atoms with Gasteiger partial charge in [-0.15, -0.1) is 55.9 Å². The predicted molar refractivity (Wildman–Crippen MR) is 73.6 cm³/mol. The van der Waals surface area contributed by atoms with Crippen LogP contribution in [0.2, 0.25) is 13.1 Å². The Hall–Kier alpha value is 2.39. The fourth-order valence-electron chi connectivity index (χ4n) is 0.646. The van der Waals surface area contributed by atoms with Gasteiger partial charge in [0, 0.05) is 0 Å². The molecule has 1 atom stereocenters. The summed E-state index contributed by atoms with van der Waals surface area (Å²) in [4.78, 5) is 0. The van der Waals surface area contributed by atoms with E-state index in [1.165, 1.54) is 0 Å². The molecule has 0 aliphatic rings. The molecule has 0 nitrogen and oxygen atoms in total. The van der Waals surface area contributed by atoms with Crippen LogP contribution in [0.4, 0.5) is 0 Å². The molecule has 1 unspecified atom stereocenters. The lowest BCUT2D eigenvalue weighted by molar-refractivity contribution is 1.36. The molecule has 0 N–H and O–H groups in total. The maximum atomic E-state index is 6.25. The second kappa shape index (κ2) is 4.72. The molecular weight excluding hydrogens is 345 g/mol. The molecule has 0 saturated heterocycles. The fraction of sp³-hybridized carbons (Fsp3) is 1.00.